The third-order valence-electron chi connectivity index (χ3n) is 6.09. The third kappa shape index (κ3) is 4.02. The quantitative estimate of drug-likeness (QED) is 0.496. The number of nitrogens with zero attached hydrogens (tertiary/aromatic N) is 4. The fourth-order valence-electron chi connectivity index (χ4n) is 4.45. The second-order valence-electron chi connectivity index (χ2n) is 8.35. The van der Waals surface area contributed by atoms with E-state index in [4.69, 9.17) is 9.57 Å². The zero-order valence-electron chi connectivity index (χ0n) is 18.8. The van der Waals surface area contributed by atoms with Crippen molar-refractivity contribution in [3.63, 3.8) is 0 Å². The lowest BCUT2D eigenvalue weighted by Gasteiger charge is -2.40. The number of benzene rings is 2. The van der Waals surface area contributed by atoms with Gasteiger partial charge in [0.15, 0.2) is 23.3 Å². The van der Waals surface area contributed by atoms with Gasteiger partial charge in [-0.25, -0.2) is 18.2 Å². The Hall–Kier alpha value is -3.75. The van der Waals surface area contributed by atoms with Crippen LogP contribution >= 0.6 is 0 Å². The fraction of sp³-hybridized carbons (Fsp3) is 0.280. The van der Waals surface area contributed by atoms with Gasteiger partial charge in [-0.05, 0) is 66.8 Å². The van der Waals surface area contributed by atoms with Gasteiger partial charge in [0.2, 0.25) is 0 Å². The highest BCUT2D eigenvalue weighted by molar-refractivity contribution is 6.03. The van der Waals surface area contributed by atoms with E-state index in [1.807, 2.05) is 46.9 Å². The molecular weight excluding hydrogens is 445 g/mol. The van der Waals surface area contributed by atoms with Gasteiger partial charge < -0.3 is 19.0 Å². The molecule has 6 nitrogen and oxygen atoms in total. The zero-order chi connectivity index (χ0) is 23.8. The molecule has 5 rings (SSSR count). The second-order valence-corrected chi connectivity index (χ2v) is 8.35. The van der Waals surface area contributed by atoms with Crippen LogP contribution in [0.25, 0.3) is 11.8 Å². The first kappa shape index (κ1) is 22.1. The van der Waals surface area contributed by atoms with Crippen molar-refractivity contribution in [2.75, 3.05) is 20.3 Å². The number of rotatable bonds is 4. The molecule has 0 aliphatic carbocycles. The number of ether oxygens (including phenoxy) is 1. The molecule has 0 N–H and O–H groups in total. The molecular formula is C25H23F3N4O2. The topological polar surface area (TPSA) is 51.9 Å². The minimum absolute atomic E-state index is 0.119. The highest BCUT2D eigenvalue weighted by atomic mass is 19.2. The summed E-state index contributed by atoms with van der Waals surface area (Å²) in [4.78, 5) is 11.7. The summed E-state index contributed by atoms with van der Waals surface area (Å²) in [6, 6.07) is 7.44. The molecule has 0 saturated carbocycles. The van der Waals surface area contributed by atoms with E-state index in [-0.39, 0.29) is 6.61 Å². The number of hydrogen-bond acceptors (Lipinski definition) is 5. The first-order valence-electron chi connectivity index (χ1n) is 11.0. The molecule has 0 bridgehead atoms. The predicted octanol–water partition coefficient (Wildman–Crippen LogP) is 5.17. The van der Waals surface area contributed by atoms with E-state index < -0.39 is 23.5 Å². The van der Waals surface area contributed by atoms with Gasteiger partial charge in [0, 0.05) is 12.7 Å². The van der Waals surface area contributed by atoms with Crippen molar-refractivity contribution in [1.82, 2.24) is 14.5 Å². The summed E-state index contributed by atoms with van der Waals surface area (Å²) in [6.07, 6.45) is 7.26. The van der Waals surface area contributed by atoms with Crippen molar-refractivity contribution < 1.29 is 22.7 Å². The Kier molecular flexibility index (Phi) is 5.77. The van der Waals surface area contributed by atoms with Crippen LogP contribution in [0, 0.1) is 24.4 Å². The Bertz CT molecular complexity index is 1280. The monoisotopic (exact) mass is 468 g/mol. The first-order valence-corrected chi connectivity index (χ1v) is 11.0. The summed E-state index contributed by atoms with van der Waals surface area (Å²) >= 11 is 0. The number of fused-ring (bicyclic) bond motifs is 1. The van der Waals surface area contributed by atoms with Crippen molar-refractivity contribution in [1.29, 1.82) is 0 Å². The minimum atomic E-state index is -1.48. The Morgan fingerprint density at radius 1 is 1.15 bits per heavy atom. The summed E-state index contributed by atoms with van der Waals surface area (Å²) in [6.45, 7) is 2.69. The van der Waals surface area contributed by atoms with Gasteiger partial charge in [-0.2, -0.15) is 0 Å². The number of aromatic nitrogens is 2. The Morgan fingerprint density at radius 3 is 2.65 bits per heavy atom. The number of aryl methyl sites for hydroxylation is 1. The SMILES string of the molecule is COc1cc(/C=C2\CCCN3C2=NOC[C@H]3c2cc(F)c(F)c(F)c2)ccc1-n1cnc(C)c1. The lowest BCUT2D eigenvalue weighted by Crippen LogP contribution is -2.44. The zero-order valence-corrected chi connectivity index (χ0v) is 18.8. The maximum Gasteiger partial charge on any atom is 0.194 e. The van der Waals surface area contributed by atoms with E-state index in [1.165, 1.54) is 0 Å². The molecule has 2 aromatic carbocycles. The van der Waals surface area contributed by atoms with Crippen LogP contribution in [0.15, 0.2) is 53.6 Å². The van der Waals surface area contributed by atoms with E-state index in [0.29, 0.717) is 23.7 Å². The normalized spacial score (nSPS) is 19.0. The van der Waals surface area contributed by atoms with Crippen LogP contribution in [0.1, 0.15) is 35.7 Å². The average molecular weight is 468 g/mol. The molecule has 2 aliphatic heterocycles. The van der Waals surface area contributed by atoms with Crippen molar-refractivity contribution >= 4 is 11.9 Å². The van der Waals surface area contributed by atoms with E-state index in [0.717, 1.165) is 47.5 Å². The molecule has 3 heterocycles. The summed E-state index contributed by atoms with van der Waals surface area (Å²) in [5, 5.41) is 4.25. The minimum Gasteiger partial charge on any atom is -0.495 e. The molecule has 0 spiro atoms. The van der Waals surface area contributed by atoms with Crippen LogP contribution < -0.4 is 4.74 Å². The van der Waals surface area contributed by atoms with Crippen molar-refractivity contribution in [3.05, 3.63) is 82.7 Å². The largest absolute Gasteiger partial charge is 0.495 e. The molecule has 1 aromatic heterocycles. The van der Waals surface area contributed by atoms with Gasteiger partial charge in [0.05, 0.1) is 30.9 Å². The molecule has 0 unspecified atom stereocenters. The molecule has 3 aromatic rings. The molecule has 0 amide bonds. The van der Waals surface area contributed by atoms with Gasteiger partial charge in [0.1, 0.15) is 12.4 Å². The van der Waals surface area contributed by atoms with Gasteiger partial charge in [0.25, 0.3) is 0 Å². The number of hydrogen-bond donors (Lipinski definition) is 0. The van der Waals surface area contributed by atoms with Crippen LogP contribution in [0.2, 0.25) is 0 Å². The van der Waals surface area contributed by atoms with Gasteiger partial charge in [-0.3, -0.25) is 0 Å². The molecule has 2 aliphatic rings. The van der Waals surface area contributed by atoms with Crippen LogP contribution in [0.5, 0.6) is 5.75 Å². The van der Waals surface area contributed by atoms with Crippen LogP contribution in [-0.4, -0.2) is 40.5 Å². The molecule has 0 radical (unpaired) electrons. The molecule has 1 atom stereocenters. The second kappa shape index (κ2) is 8.89. The van der Waals surface area contributed by atoms with Crippen molar-refractivity contribution in [2.24, 2.45) is 5.16 Å². The molecule has 9 heteroatoms. The first-order chi connectivity index (χ1) is 16.4. The number of amidine groups is 1. The molecule has 176 valence electrons. The van der Waals surface area contributed by atoms with E-state index in [9.17, 15) is 13.2 Å². The lowest BCUT2D eigenvalue weighted by molar-refractivity contribution is 0.0572. The number of imidazole rings is 1. The maximum atomic E-state index is 13.9. The standard InChI is InChI=1S/C25H23F3N4O2/c1-15-12-31(14-29-15)21-6-5-16(9-23(21)33-2)8-17-4-3-7-32-22(13-34-30-25(17)32)18-10-19(26)24(28)20(27)11-18/h5-6,8-12,14,22H,3-4,7,13H2,1-2H3/b17-8+/t22-/m0/s1. The van der Waals surface area contributed by atoms with Gasteiger partial charge in [-0.15, -0.1) is 0 Å². The fourth-order valence-corrected chi connectivity index (χ4v) is 4.45. The lowest BCUT2D eigenvalue weighted by atomic mass is 9.96. The van der Waals surface area contributed by atoms with Crippen LogP contribution in [0.4, 0.5) is 13.2 Å². The number of piperidine rings is 1. The smallest absolute Gasteiger partial charge is 0.194 e. The van der Waals surface area contributed by atoms with Crippen molar-refractivity contribution in [2.45, 2.75) is 25.8 Å². The third-order valence-corrected chi connectivity index (χ3v) is 6.09. The average Bonchev–Trinajstić information content (AvgIpc) is 3.28. The van der Waals surface area contributed by atoms with Crippen LogP contribution in [-0.2, 0) is 4.84 Å². The molecule has 1 saturated heterocycles. The number of halogens is 3. The summed E-state index contributed by atoms with van der Waals surface area (Å²) in [5.74, 6) is -2.60. The highest BCUT2D eigenvalue weighted by Gasteiger charge is 2.34. The Morgan fingerprint density at radius 2 is 1.94 bits per heavy atom. The summed E-state index contributed by atoms with van der Waals surface area (Å²) in [5.41, 5.74) is 3.94. The Balaban J connectivity index is 1.46. The summed E-state index contributed by atoms with van der Waals surface area (Å²) in [7, 11) is 1.62. The molecule has 1 fully saturated rings. The van der Waals surface area contributed by atoms with Crippen LogP contribution in [0.3, 0.4) is 0 Å². The van der Waals surface area contributed by atoms with Gasteiger partial charge in [-0.1, -0.05) is 11.2 Å². The Labute approximate surface area is 194 Å². The maximum absolute atomic E-state index is 13.9. The molecule has 34 heavy (non-hydrogen) atoms. The van der Waals surface area contributed by atoms with Crippen molar-refractivity contribution in [3.8, 4) is 11.4 Å². The number of oxime groups is 1. The summed E-state index contributed by atoms with van der Waals surface area (Å²) < 4.78 is 48.7. The van der Waals surface area contributed by atoms with E-state index in [1.54, 1.807) is 13.4 Å². The highest BCUT2D eigenvalue weighted by Crippen LogP contribution is 2.34. The number of methoxy groups -OCH3 is 1. The van der Waals surface area contributed by atoms with Gasteiger partial charge >= 0.3 is 0 Å². The van der Waals surface area contributed by atoms with E-state index in [2.05, 4.69) is 10.1 Å². The van der Waals surface area contributed by atoms with E-state index >= 15 is 0 Å². The predicted molar refractivity (Wildman–Crippen MR) is 121 cm³/mol.